The fraction of sp³-hybridized carbons (Fsp3) is 0.300. The van der Waals surface area contributed by atoms with Crippen LogP contribution in [-0.4, -0.2) is 31.7 Å². The highest BCUT2D eigenvalue weighted by atomic mass is 19.1. The lowest BCUT2D eigenvalue weighted by Crippen LogP contribution is -2.30. The van der Waals surface area contributed by atoms with E-state index in [1.54, 1.807) is 31.4 Å². The van der Waals surface area contributed by atoms with E-state index >= 15 is 0 Å². The zero-order chi connectivity index (χ0) is 20.5. The van der Waals surface area contributed by atoms with Gasteiger partial charge in [0.05, 0.1) is 19.4 Å². The summed E-state index contributed by atoms with van der Waals surface area (Å²) in [6, 6.07) is 9.76. The number of halogens is 2. The van der Waals surface area contributed by atoms with Crippen molar-refractivity contribution in [2.45, 2.75) is 25.9 Å². The third-order valence-corrected chi connectivity index (χ3v) is 3.72. The number of anilines is 1. The first kappa shape index (κ1) is 21.1. The summed E-state index contributed by atoms with van der Waals surface area (Å²) in [5.74, 6) is -1.62. The Morgan fingerprint density at radius 2 is 1.75 bits per heavy atom. The summed E-state index contributed by atoms with van der Waals surface area (Å²) in [4.78, 5) is 23.8. The number of rotatable bonds is 9. The molecule has 1 atom stereocenters. The molecule has 0 radical (unpaired) electrons. The molecule has 2 aromatic carbocycles. The Morgan fingerprint density at radius 1 is 1.07 bits per heavy atom. The van der Waals surface area contributed by atoms with Gasteiger partial charge in [-0.05, 0) is 49.7 Å². The molecule has 0 aromatic heterocycles. The van der Waals surface area contributed by atoms with Gasteiger partial charge in [-0.1, -0.05) is 0 Å². The van der Waals surface area contributed by atoms with Crippen molar-refractivity contribution in [3.05, 3.63) is 54.1 Å². The summed E-state index contributed by atoms with van der Waals surface area (Å²) in [6.45, 7) is 1.66. The lowest BCUT2D eigenvalue weighted by Gasteiger charge is -2.14. The van der Waals surface area contributed by atoms with Crippen LogP contribution >= 0.6 is 0 Å². The average molecular weight is 393 g/mol. The molecule has 0 spiro atoms. The van der Waals surface area contributed by atoms with E-state index in [2.05, 4.69) is 5.32 Å². The zero-order valence-electron chi connectivity index (χ0n) is 15.5. The summed E-state index contributed by atoms with van der Waals surface area (Å²) in [6.07, 6.45) is -0.677. The molecule has 0 bridgehead atoms. The van der Waals surface area contributed by atoms with E-state index in [0.717, 1.165) is 12.1 Å². The fourth-order valence-corrected chi connectivity index (χ4v) is 2.21. The number of ether oxygens (including phenoxy) is 3. The molecule has 8 heteroatoms. The Balaban J connectivity index is 1.70. The van der Waals surface area contributed by atoms with E-state index in [1.807, 2.05) is 0 Å². The van der Waals surface area contributed by atoms with Crippen LogP contribution in [0.5, 0.6) is 11.5 Å². The van der Waals surface area contributed by atoms with E-state index in [0.29, 0.717) is 30.6 Å². The maximum Gasteiger partial charge on any atom is 0.306 e. The highest BCUT2D eigenvalue weighted by molar-refractivity contribution is 5.95. The lowest BCUT2D eigenvalue weighted by atomic mass is 10.2. The second-order valence-electron chi connectivity index (χ2n) is 5.87. The number of benzene rings is 2. The minimum absolute atomic E-state index is 0.0543. The smallest absolute Gasteiger partial charge is 0.306 e. The van der Waals surface area contributed by atoms with Gasteiger partial charge in [-0.3, -0.25) is 9.59 Å². The molecule has 0 unspecified atom stereocenters. The van der Waals surface area contributed by atoms with Crippen LogP contribution in [-0.2, 0) is 14.3 Å². The number of methoxy groups -OCH3 is 1. The van der Waals surface area contributed by atoms with Gasteiger partial charge >= 0.3 is 5.97 Å². The van der Waals surface area contributed by atoms with Crippen molar-refractivity contribution in [2.24, 2.45) is 0 Å². The molecule has 0 saturated carbocycles. The SMILES string of the molecule is COc1ccc(OCCCC(=O)O[C@H](C)C(=O)Nc2ccc(F)cc2F)cc1. The lowest BCUT2D eigenvalue weighted by molar-refractivity contribution is -0.153. The predicted octanol–water partition coefficient (Wildman–Crippen LogP) is 3.70. The molecule has 2 aromatic rings. The van der Waals surface area contributed by atoms with Crippen LogP contribution in [0.2, 0.25) is 0 Å². The molecule has 0 aliphatic carbocycles. The van der Waals surface area contributed by atoms with Gasteiger partial charge in [0.2, 0.25) is 0 Å². The molecule has 150 valence electrons. The summed E-state index contributed by atoms with van der Waals surface area (Å²) < 4.78 is 42.0. The molecule has 2 rings (SSSR count). The minimum atomic E-state index is -1.13. The highest BCUT2D eigenvalue weighted by Crippen LogP contribution is 2.18. The standard InChI is InChI=1S/C20H21F2NO5/c1-13(20(25)23-18-10-5-14(21)12-17(18)22)28-19(24)4-3-11-27-16-8-6-15(26-2)7-9-16/h5-10,12-13H,3-4,11H2,1-2H3,(H,23,25)/t13-/m1/s1. The van der Waals surface area contributed by atoms with Crippen LogP contribution in [0.3, 0.4) is 0 Å². The number of hydrogen-bond acceptors (Lipinski definition) is 5. The molecule has 0 fully saturated rings. The first-order chi connectivity index (χ1) is 13.4. The van der Waals surface area contributed by atoms with E-state index in [-0.39, 0.29) is 12.1 Å². The van der Waals surface area contributed by atoms with Crippen LogP contribution < -0.4 is 14.8 Å². The molecular formula is C20H21F2NO5. The third-order valence-electron chi connectivity index (χ3n) is 3.72. The maximum atomic E-state index is 13.5. The van der Waals surface area contributed by atoms with Crippen molar-refractivity contribution in [1.82, 2.24) is 0 Å². The number of esters is 1. The molecule has 28 heavy (non-hydrogen) atoms. The van der Waals surface area contributed by atoms with Crippen LogP contribution in [0.15, 0.2) is 42.5 Å². The first-order valence-corrected chi connectivity index (χ1v) is 8.61. The fourth-order valence-electron chi connectivity index (χ4n) is 2.21. The van der Waals surface area contributed by atoms with Crippen LogP contribution in [0, 0.1) is 11.6 Å². The second-order valence-corrected chi connectivity index (χ2v) is 5.87. The maximum absolute atomic E-state index is 13.5. The Labute approximate surface area is 161 Å². The molecule has 0 heterocycles. The average Bonchev–Trinajstić information content (AvgIpc) is 2.67. The quantitative estimate of drug-likeness (QED) is 0.519. The zero-order valence-corrected chi connectivity index (χ0v) is 15.5. The number of carbonyl (C=O) groups is 2. The van der Waals surface area contributed by atoms with Gasteiger partial charge in [-0.15, -0.1) is 0 Å². The van der Waals surface area contributed by atoms with Crippen LogP contribution in [0.4, 0.5) is 14.5 Å². The van der Waals surface area contributed by atoms with E-state index in [9.17, 15) is 18.4 Å². The summed E-state index contributed by atoms with van der Waals surface area (Å²) >= 11 is 0. The second kappa shape index (κ2) is 10.2. The molecule has 0 aliphatic rings. The molecule has 1 amide bonds. The summed E-state index contributed by atoms with van der Waals surface area (Å²) in [7, 11) is 1.57. The Bertz CT molecular complexity index is 811. The van der Waals surface area contributed by atoms with E-state index < -0.39 is 29.6 Å². The van der Waals surface area contributed by atoms with Gasteiger partial charge in [-0.2, -0.15) is 0 Å². The summed E-state index contributed by atoms with van der Waals surface area (Å²) in [5, 5.41) is 2.25. The number of carbonyl (C=O) groups excluding carboxylic acids is 2. The number of nitrogens with one attached hydrogen (secondary N) is 1. The van der Waals surface area contributed by atoms with Crippen LogP contribution in [0.25, 0.3) is 0 Å². The number of amides is 1. The van der Waals surface area contributed by atoms with E-state index in [4.69, 9.17) is 14.2 Å². The van der Waals surface area contributed by atoms with E-state index in [1.165, 1.54) is 6.92 Å². The van der Waals surface area contributed by atoms with Crippen LogP contribution in [0.1, 0.15) is 19.8 Å². The van der Waals surface area contributed by atoms with Crippen molar-refractivity contribution >= 4 is 17.6 Å². The molecule has 0 aliphatic heterocycles. The highest BCUT2D eigenvalue weighted by Gasteiger charge is 2.19. The minimum Gasteiger partial charge on any atom is -0.497 e. The van der Waals surface area contributed by atoms with Gasteiger partial charge in [-0.25, -0.2) is 8.78 Å². The van der Waals surface area contributed by atoms with Gasteiger partial charge < -0.3 is 19.5 Å². The largest absolute Gasteiger partial charge is 0.497 e. The van der Waals surface area contributed by atoms with Gasteiger partial charge in [0, 0.05) is 12.5 Å². The van der Waals surface area contributed by atoms with Crippen molar-refractivity contribution in [3.8, 4) is 11.5 Å². The Morgan fingerprint density at radius 3 is 2.39 bits per heavy atom. The first-order valence-electron chi connectivity index (χ1n) is 8.61. The summed E-state index contributed by atoms with van der Waals surface area (Å²) in [5.41, 5.74) is -0.192. The molecule has 0 saturated heterocycles. The Hall–Kier alpha value is -3.16. The topological polar surface area (TPSA) is 73.9 Å². The van der Waals surface area contributed by atoms with Gasteiger partial charge in [0.25, 0.3) is 5.91 Å². The predicted molar refractivity (Wildman–Crippen MR) is 98.3 cm³/mol. The van der Waals surface area contributed by atoms with Crippen molar-refractivity contribution in [2.75, 3.05) is 19.0 Å². The normalized spacial score (nSPS) is 11.4. The Kier molecular flexibility index (Phi) is 7.74. The van der Waals surface area contributed by atoms with Gasteiger partial charge in [0.1, 0.15) is 23.1 Å². The molecular weight excluding hydrogens is 372 g/mol. The molecule has 1 N–H and O–H groups in total. The number of hydrogen-bond donors (Lipinski definition) is 1. The van der Waals surface area contributed by atoms with Gasteiger partial charge in [0.15, 0.2) is 6.10 Å². The van der Waals surface area contributed by atoms with Crippen molar-refractivity contribution < 1.29 is 32.6 Å². The molecule has 6 nitrogen and oxygen atoms in total. The van der Waals surface area contributed by atoms with Crippen molar-refractivity contribution in [3.63, 3.8) is 0 Å². The van der Waals surface area contributed by atoms with Crippen molar-refractivity contribution in [1.29, 1.82) is 0 Å². The monoisotopic (exact) mass is 393 g/mol. The third kappa shape index (κ3) is 6.53.